The quantitative estimate of drug-likeness (QED) is 0.0968. The molecular weight excluding hydrogens is 512 g/mol. The Morgan fingerprint density at radius 2 is 1.59 bits per heavy atom. The van der Waals surface area contributed by atoms with E-state index in [1.165, 1.54) is 12.2 Å². The minimum Gasteiger partial charge on any atom is -0.384 e. The van der Waals surface area contributed by atoms with Gasteiger partial charge in [-0.15, -0.1) is 0 Å². The summed E-state index contributed by atoms with van der Waals surface area (Å²) in [7, 11) is 3.72. The van der Waals surface area contributed by atoms with Crippen LogP contribution in [-0.2, 0) is 4.79 Å². The van der Waals surface area contributed by atoms with Crippen molar-refractivity contribution in [3.8, 4) is 11.3 Å². The molecule has 0 bridgehead atoms. The number of nitrogens with two attached hydrogens (primary N) is 2. The van der Waals surface area contributed by atoms with Gasteiger partial charge in [-0.2, -0.15) is 5.10 Å². The fourth-order valence-electron chi connectivity index (χ4n) is 3.92. The third-order valence-electron chi connectivity index (χ3n) is 6.09. The third-order valence-corrected chi connectivity index (χ3v) is 6.09. The largest absolute Gasteiger partial charge is 0.384 e. The SMILES string of the molecule is CC.CCC(=O)/C=C\C(=N)N.CCCC(CC)n1nc(-c2ccc(Nc3ccccc3)cc2)c(C(=N)N(C)C)c1N. The standard InChI is InChI=1S/C24H32N6.C6H10N2O.C2H6/c1-5-10-20(6-2)30-24(26)21(23(25)29(3)4)22(28-30)17-13-15-19(16-14-17)27-18-11-8-7-9-12-18;1-2-5(9)3-4-6(7)8;1-2/h7-9,11-16,20,25,27H,5-6,10,26H2,1-4H3;3-4H,2H2,1H3,(H3,7,8);1-2H3/b;4-3-;. The number of ketones is 1. The van der Waals surface area contributed by atoms with Crippen molar-refractivity contribution in [2.75, 3.05) is 25.1 Å². The highest BCUT2D eigenvalue weighted by molar-refractivity contribution is 6.05. The molecule has 1 unspecified atom stereocenters. The van der Waals surface area contributed by atoms with Crippen LogP contribution in [-0.4, -0.2) is 46.2 Å². The maximum absolute atomic E-state index is 10.5. The van der Waals surface area contributed by atoms with E-state index >= 15 is 0 Å². The summed E-state index contributed by atoms with van der Waals surface area (Å²) in [6, 6.07) is 18.4. The van der Waals surface area contributed by atoms with E-state index in [1.54, 1.807) is 11.8 Å². The lowest BCUT2D eigenvalue weighted by molar-refractivity contribution is -0.114. The molecule has 0 aliphatic heterocycles. The molecule has 222 valence electrons. The van der Waals surface area contributed by atoms with Gasteiger partial charge in [0.15, 0.2) is 5.78 Å². The molecule has 3 rings (SSSR count). The summed E-state index contributed by atoms with van der Waals surface area (Å²) < 4.78 is 1.92. The second-order valence-corrected chi connectivity index (χ2v) is 9.32. The van der Waals surface area contributed by atoms with Crippen LogP contribution in [0, 0.1) is 10.8 Å². The normalized spacial score (nSPS) is 11.0. The van der Waals surface area contributed by atoms with Crippen LogP contribution in [0.4, 0.5) is 17.2 Å². The number of amidine groups is 2. The second-order valence-electron chi connectivity index (χ2n) is 9.32. The van der Waals surface area contributed by atoms with Gasteiger partial charge in [0, 0.05) is 37.5 Å². The average Bonchev–Trinajstić information content (AvgIpc) is 3.32. The number of carbonyl (C=O) groups is 1. The molecule has 1 aromatic heterocycles. The van der Waals surface area contributed by atoms with Crippen molar-refractivity contribution < 1.29 is 4.79 Å². The Morgan fingerprint density at radius 3 is 2.07 bits per heavy atom. The highest BCUT2D eigenvalue weighted by Crippen LogP contribution is 2.33. The van der Waals surface area contributed by atoms with E-state index < -0.39 is 0 Å². The number of nitrogens with zero attached hydrogens (tertiary/aromatic N) is 3. The zero-order chi connectivity index (χ0) is 30.9. The van der Waals surface area contributed by atoms with E-state index in [2.05, 4.69) is 19.2 Å². The number of anilines is 3. The Morgan fingerprint density at radius 1 is 1.00 bits per heavy atom. The van der Waals surface area contributed by atoms with Crippen LogP contribution in [0.2, 0.25) is 0 Å². The average molecular weight is 561 g/mol. The second kappa shape index (κ2) is 18.0. The summed E-state index contributed by atoms with van der Waals surface area (Å²) in [6.07, 6.45) is 6.08. The fourth-order valence-corrected chi connectivity index (χ4v) is 3.92. The van der Waals surface area contributed by atoms with Gasteiger partial charge in [0.1, 0.15) is 23.2 Å². The smallest absolute Gasteiger partial charge is 0.155 e. The molecule has 0 saturated carbocycles. The number of carbonyl (C=O) groups excluding carboxylic acids is 1. The van der Waals surface area contributed by atoms with Gasteiger partial charge in [0.25, 0.3) is 0 Å². The number of hydrogen-bond donors (Lipinski definition) is 5. The van der Waals surface area contributed by atoms with Crippen LogP contribution in [0.3, 0.4) is 0 Å². The summed E-state index contributed by atoms with van der Waals surface area (Å²) in [4.78, 5) is 12.2. The van der Waals surface area contributed by atoms with Crippen molar-refractivity contribution in [1.82, 2.24) is 14.7 Å². The number of rotatable bonds is 11. The number of allylic oxidation sites excluding steroid dienone is 1. The van der Waals surface area contributed by atoms with Crippen molar-refractivity contribution in [3.05, 3.63) is 72.3 Å². The topological polar surface area (TPSA) is 150 Å². The fraction of sp³-hybridized carbons (Fsp3) is 0.375. The number of hydrogen-bond acceptors (Lipinski definition) is 6. The summed E-state index contributed by atoms with van der Waals surface area (Å²) >= 11 is 0. The molecule has 41 heavy (non-hydrogen) atoms. The van der Waals surface area contributed by atoms with E-state index in [-0.39, 0.29) is 17.7 Å². The van der Waals surface area contributed by atoms with Crippen molar-refractivity contribution in [2.24, 2.45) is 5.73 Å². The van der Waals surface area contributed by atoms with Crippen molar-refractivity contribution in [2.45, 2.75) is 66.3 Å². The highest BCUT2D eigenvalue weighted by atomic mass is 16.1. The van der Waals surface area contributed by atoms with E-state index in [4.69, 9.17) is 27.4 Å². The van der Waals surface area contributed by atoms with Gasteiger partial charge in [-0.3, -0.25) is 15.6 Å². The molecule has 9 nitrogen and oxygen atoms in total. The zero-order valence-corrected chi connectivity index (χ0v) is 25.7. The summed E-state index contributed by atoms with van der Waals surface area (Å²) in [6.45, 7) is 10.1. The predicted molar refractivity (Wildman–Crippen MR) is 174 cm³/mol. The van der Waals surface area contributed by atoms with Gasteiger partial charge in [0.2, 0.25) is 0 Å². The van der Waals surface area contributed by atoms with Crippen molar-refractivity contribution >= 4 is 34.6 Å². The molecule has 1 atom stereocenters. The van der Waals surface area contributed by atoms with Gasteiger partial charge in [0.05, 0.1) is 11.6 Å². The molecule has 9 heteroatoms. The van der Waals surface area contributed by atoms with Crippen LogP contribution in [0.15, 0.2) is 66.7 Å². The van der Waals surface area contributed by atoms with Crippen LogP contribution in [0.1, 0.15) is 71.9 Å². The molecule has 3 aromatic rings. The molecule has 0 amide bonds. The highest BCUT2D eigenvalue weighted by Gasteiger charge is 2.24. The molecule has 1 heterocycles. The lowest BCUT2D eigenvalue weighted by Crippen LogP contribution is -2.23. The molecule has 0 aliphatic rings. The molecule has 0 saturated heterocycles. The minimum atomic E-state index is -0.0863. The molecule has 0 fully saturated rings. The number of para-hydroxylation sites is 1. The van der Waals surface area contributed by atoms with E-state index in [1.807, 2.05) is 87.2 Å². The zero-order valence-electron chi connectivity index (χ0n) is 25.7. The number of benzene rings is 2. The van der Waals surface area contributed by atoms with Gasteiger partial charge in [-0.05, 0) is 49.3 Å². The van der Waals surface area contributed by atoms with Gasteiger partial charge >= 0.3 is 0 Å². The van der Waals surface area contributed by atoms with Crippen LogP contribution >= 0.6 is 0 Å². The van der Waals surface area contributed by atoms with E-state index in [0.717, 1.165) is 41.9 Å². The summed E-state index contributed by atoms with van der Waals surface area (Å²) in [5.74, 6) is 0.837. The van der Waals surface area contributed by atoms with Crippen LogP contribution in [0.25, 0.3) is 11.3 Å². The van der Waals surface area contributed by atoms with Gasteiger partial charge < -0.3 is 21.7 Å². The Labute approximate surface area is 245 Å². The molecular formula is C32H48N8O. The van der Waals surface area contributed by atoms with Gasteiger partial charge in [-0.1, -0.05) is 71.4 Å². The molecule has 7 N–H and O–H groups in total. The molecule has 2 aromatic carbocycles. The maximum Gasteiger partial charge on any atom is 0.155 e. The molecule has 0 aliphatic carbocycles. The first-order valence-electron chi connectivity index (χ1n) is 14.2. The lowest BCUT2D eigenvalue weighted by atomic mass is 10.1. The van der Waals surface area contributed by atoms with Crippen LogP contribution in [0.5, 0.6) is 0 Å². The molecule has 0 spiro atoms. The van der Waals surface area contributed by atoms with E-state index in [9.17, 15) is 4.79 Å². The van der Waals surface area contributed by atoms with Crippen molar-refractivity contribution in [1.29, 1.82) is 10.8 Å². The number of aromatic nitrogens is 2. The summed E-state index contributed by atoms with van der Waals surface area (Å²) in [5.41, 5.74) is 15.9. The Balaban J connectivity index is 0.000000653. The summed E-state index contributed by atoms with van der Waals surface area (Å²) in [5, 5.41) is 23.6. The Kier molecular flexibility index (Phi) is 15.2. The van der Waals surface area contributed by atoms with E-state index in [0.29, 0.717) is 23.6 Å². The predicted octanol–water partition coefficient (Wildman–Crippen LogP) is 7.00. The minimum absolute atomic E-state index is 0.00907. The monoisotopic (exact) mass is 560 g/mol. The first-order chi connectivity index (χ1) is 19.6. The van der Waals surface area contributed by atoms with Gasteiger partial charge in [-0.25, -0.2) is 4.68 Å². The first kappa shape index (κ1) is 34.6. The Bertz CT molecular complexity index is 1260. The molecule has 0 radical (unpaired) electrons. The van der Waals surface area contributed by atoms with Crippen LogP contribution < -0.4 is 16.8 Å². The third kappa shape index (κ3) is 10.6. The number of nitrogen functional groups attached to an aromatic ring is 1. The lowest BCUT2D eigenvalue weighted by Gasteiger charge is -2.17. The van der Waals surface area contributed by atoms with Crippen molar-refractivity contribution in [3.63, 3.8) is 0 Å². The maximum atomic E-state index is 10.5. The number of nitrogens with one attached hydrogen (secondary N) is 3. The first-order valence-corrected chi connectivity index (χ1v) is 14.2. The Hall–Kier alpha value is -4.40.